The van der Waals surface area contributed by atoms with Crippen molar-refractivity contribution in [1.82, 2.24) is 10.2 Å². The van der Waals surface area contributed by atoms with Crippen molar-refractivity contribution < 1.29 is 9.21 Å². The molecule has 0 unspecified atom stereocenters. The number of nitrogens with zero attached hydrogens (tertiary/aromatic N) is 2. The number of carbonyl (C=O) groups is 1. The molecule has 0 atom stereocenters. The molecule has 1 aromatic heterocycles. The molecule has 2 aromatic carbocycles. The van der Waals surface area contributed by atoms with E-state index in [1.165, 1.54) is 29.3 Å². The minimum atomic E-state index is -0.355. The van der Waals surface area contributed by atoms with Gasteiger partial charge in [-0.25, -0.2) is 0 Å². The number of para-hydroxylation sites is 2. The van der Waals surface area contributed by atoms with E-state index in [1.54, 1.807) is 24.3 Å². The van der Waals surface area contributed by atoms with Crippen molar-refractivity contribution in [2.24, 2.45) is 0 Å². The van der Waals surface area contributed by atoms with Crippen LogP contribution in [-0.2, 0) is 6.54 Å². The van der Waals surface area contributed by atoms with Crippen LogP contribution in [-0.4, -0.2) is 43.5 Å². The summed E-state index contributed by atoms with van der Waals surface area (Å²) in [6.07, 6.45) is 6.26. The van der Waals surface area contributed by atoms with E-state index < -0.39 is 0 Å². The number of hydrogen-bond acceptors (Lipinski definition) is 5. The predicted octanol–water partition coefficient (Wildman–Crippen LogP) is 5.37. The van der Waals surface area contributed by atoms with Gasteiger partial charge >= 0.3 is 0 Å². The van der Waals surface area contributed by atoms with Crippen molar-refractivity contribution in [1.29, 1.82) is 0 Å². The molecule has 1 saturated heterocycles. The normalized spacial score (nSPS) is 13.9. The first-order valence-corrected chi connectivity index (χ1v) is 13.1. The van der Waals surface area contributed by atoms with Crippen molar-refractivity contribution in [3.8, 4) is 0 Å². The fourth-order valence-corrected chi connectivity index (χ4v) is 4.86. The Hall–Kier alpha value is -3.38. The Labute approximate surface area is 213 Å². The summed E-state index contributed by atoms with van der Waals surface area (Å²) in [5, 5.41) is 3.36. The molecule has 1 aliphatic heterocycles. The average molecular weight is 488 g/mol. The van der Waals surface area contributed by atoms with Crippen LogP contribution in [0, 0.1) is 0 Å². The SMILES string of the molecule is CCCN(CC)Cc1ccccc1N1CCC(=CCCNC(=O)c2cc(=O)c3ccccc3o2)CC1. The summed E-state index contributed by atoms with van der Waals surface area (Å²) in [6.45, 7) is 10.2. The minimum Gasteiger partial charge on any atom is -0.451 e. The van der Waals surface area contributed by atoms with Gasteiger partial charge < -0.3 is 14.6 Å². The van der Waals surface area contributed by atoms with E-state index in [9.17, 15) is 9.59 Å². The number of rotatable bonds is 10. The smallest absolute Gasteiger partial charge is 0.287 e. The molecule has 4 rings (SSSR count). The minimum absolute atomic E-state index is 0.0545. The summed E-state index contributed by atoms with van der Waals surface area (Å²) in [7, 11) is 0. The predicted molar refractivity (Wildman–Crippen MR) is 147 cm³/mol. The molecule has 3 aromatic rings. The van der Waals surface area contributed by atoms with Crippen molar-refractivity contribution >= 4 is 22.6 Å². The molecule has 0 spiro atoms. The van der Waals surface area contributed by atoms with Crippen LogP contribution in [0.1, 0.15) is 55.6 Å². The second-order valence-electron chi connectivity index (χ2n) is 9.36. The molecule has 1 N–H and O–H groups in total. The second-order valence-corrected chi connectivity index (χ2v) is 9.36. The molecule has 190 valence electrons. The highest BCUT2D eigenvalue weighted by Gasteiger charge is 2.18. The zero-order valence-corrected chi connectivity index (χ0v) is 21.5. The van der Waals surface area contributed by atoms with E-state index in [2.05, 4.69) is 59.3 Å². The van der Waals surface area contributed by atoms with Crippen LogP contribution < -0.4 is 15.6 Å². The van der Waals surface area contributed by atoms with E-state index >= 15 is 0 Å². The molecular weight excluding hydrogens is 450 g/mol. The molecule has 1 fully saturated rings. The maximum Gasteiger partial charge on any atom is 0.287 e. The van der Waals surface area contributed by atoms with E-state index in [-0.39, 0.29) is 17.1 Å². The molecule has 0 radical (unpaired) electrons. The van der Waals surface area contributed by atoms with E-state index in [4.69, 9.17) is 4.42 Å². The summed E-state index contributed by atoms with van der Waals surface area (Å²) in [5.41, 5.74) is 4.43. The van der Waals surface area contributed by atoms with Gasteiger partial charge in [0.25, 0.3) is 5.91 Å². The van der Waals surface area contributed by atoms with Crippen LogP contribution >= 0.6 is 0 Å². The first-order chi connectivity index (χ1) is 17.6. The maximum atomic E-state index is 12.5. The zero-order chi connectivity index (χ0) is 25.3. The Morgan fingerprint density at radius 2 is 1.83 bits per heavy atom. The molecule has 0 saturated carbocycles. The summed E-state index contributed by atoms with van der Waals surface area (Å²) in [4.78, 5) is 29.7. The number of nitrogens with one attached hydrogen (secondary N) is 1. The third-order valence-corrected chi connectivity index (χ3v) is 6.84. The number of carbonyl (C=O) groups excluding carboxylic acids is 1. The van der Waals surface area contributed by atoms with Crippen molar-refractivity contribution in [2.45, 2.75) is 46.1 Å². The first kappa shape index (κ1) is 25.7. The standard InChI is InChI=1S/C30H37N3O3/c1-3-18-32(4-2)22-24-11-5-7-13-26(24)33-19-15-23(16-20-33)10-9-17-31-30(35)29-21-27(34)25-12-6-8-14-28(25)36-29/h5-8,10-14,21H,3-4,9,15-20,22H2,1-2H3,(H,31,35). The number of anilines is 1. The summed E-state index contributed by atoms with van der Waals surface area (Å²) in [6, 6.07) is 17.0. The molecule has 2 heterocycles. The molecule has 0 bridgehead atoms. The highest BCUT2D eigenvalue weighted by molar-refractivity contribution is 5.93. The van der Waals surface area contributed by atoms with Gasteiger partial charge in [0.1, 0.15) is 5.58 Å². The van der Waals surface area contributed by atoms with Gasteiger partial charge in [0.05, 0.1) is 5.39 Å². The Morgan fingerprint density at radius 3 is 2.61 bits per heavy atom. The van der Waals surface area contributed by atoms with Crippen LogP contribution in [0.2, 0.25) is 0 Å². The van der Waals surface area contributed by atoms with Gasteiger partial charge in [-0.3, -0.25) is 14.5 Å². The fraction of sp³-hybridized carbons (Fsp3) is 0.400. The second kappa shape index (κ2) is 12.5. The molecular formula is C30H37N3O3. The fourth-order valence-electron chi connectivity index (χ4n) is 4.86. The number of piperidine rings is 1. The zero-order valence-electron chi connectivity index (χ0n) is 21.5. The maximum absolute atomic E-state index is 12.5. The van der Waals surface area contributed by atoms with Gasteiger partial charge in [0.15, 0.2) is 11.2 Å². The molecule has 36 heavy (non-hydrogen) atoms. The van der Waals surface area contributed by atoms with Gasteiger partial charge in [-0.05, 0) is 62.5 Å². The van der Waals surface area contributed by atoms with E-state index in [0.717, 1.165) is 52.0 Å². The Balaban J connectivity index is 1.27. The average Bonchev–Trinajstić information content (AvgIpc) is 2.91. The number of fused-ring (bicyclic) bond motifs is 1. The van der Waals surface area contributed by atoms with Gasteiger partial charge in [-0.2, -0.15) is 0 Å². The summed E-state index contributed by atoms with van der Waals surface area (Å²) < 4.78 is 5.62. The van der Waals surface area contributed by atoms with Crippen molar-refractivity contribution in [2.75, 3.05) is 37.6 Å². The lowest BCUT2D eigenvalue weighted by atomic mass is 10.0. The van der Waals surface area contributed by atoms with E-state index in [0.29, 0.717) is 17.5 Å². The summed E-state index contributed by atoms with van der Waals surface area (Å²) in [5.74, 6) is -0.300. The first-order valence-electron chi connectivity index (χ1n) is 13.1. The molecule has 1 amide bonds. The lowest BCUT2D eigenvalue weighted by molar-refractivity contribution is 0.0927. The quantitative estimate of drug-likeness (QED) is 0.308. The summed E-state index contributed by atoms with van der Waals surface area (Å²) >= 11 is 0. The Bertz CT molecular complexity index is 1250. The van der Waals surface area contributed by atoms with Crippen molar-refractivity contribution in [3.63, 3.8) is 0 Å². The number of benzene rings is 2. The topological polar surface area (TPSA) is 65.8 Å². The molecule has 1 aliphatic rings. The van der Waals surface area contributed by atoms with Gasteiger partial charge in [-0.1, -0.05) is 55.8 Å². The lowest BCUT2D eigenvalue weighted by Crippen LogP contribution is -2.32. The number of hydrogen-bond donors (Lipinski definition) is 1. The lowest BCUT2D eigenvalue weighted by Gasteiger charge is -2.33. The van der Waals surface area contributed by atoms with E-state index in [1.807, 2.05) is 0 Å². The van der Waals surface area contributed by atoms with Crippen molar-refractivity contribution in [3.05, 3.63) is 87.8 Å². The van der Waals surface area contributed by atoms with Gasteiger partial charge in [0.2, 0.25) is 0 Å². The Kier molecular flexibility index (Phi) is 8.95. The monoisotopic (exact) mass is 487 g/mol. The van der Waals surface area contributed by atoms with Gasteiger partial charge in [-0.15, -0.1) is 0 Å². The van der Waals surface area contributed by atoms with Gasteiger partial charge in [0, 0.05) is 37.9 Å². The highest BCUT2D eigenvalue weighted by atomic mass is 16.3. The third kappa shape index (κ3) is 6.43. The van der Waals surface area contributed by atoms with Crippen LogP contribution in [0.4, 0.5) is 5.69 Å². The molecule has 0 aliphatic carbocycles. The highest BCUT2D eigenvalue weighted by Crippen LogP contribution is 2.27. The van der Waals surface area contributed by atoms with Crippen LogP contribution in [0.25, 0.3) is 11.0 Å². The Morgan fingerprint density at radius 1 is 1.08 bits per heavy atom. The van der Waals surface area contributed by atoms with Crippen LogP contribution in [0.15, 0.2) is 75.5 Å². The largest absolute Gasteiger partial charge is 0.451 e. The van der Waals surface area contributed by atoms with Crippen LogP contribution in [0.3, 0.4) is 0 Å². The third-order valence-electron chi connectivity index (χ3n) is 6.84. The molecule has 6 heteroatoms. The van der Waals surface area contributed by atoms with Crippen LogP contribution in [0.5, 0.6) is 0 Å². The number of amides is 1. The molecule has 6 nitrogen and oxygen atoms in total.